The van der Waals surface area contributed by atoms with Gasteiger partial charge in [-0.1, -0.05) is 35.2 Å². The summed E-state index contributed by atoms with van der Waals surface area (Å²) in [7, 11) is 0. The quantitative estimate of drug-likeness (QED) is 0.816. The highest BCUT2D eigenvalue weighted by Crippen LogP contribution is 2.29. The van der Waals surface area contributed by atoms with Crippen LogP contribution in [0.25, 0.3) is 0 Å². The van der Waals surface area contributed by atoms with Crippen molar-refractivity contribution < 1.29 is 9.50 Å². The molecular weight excluding hydrogens is 283 g/mol. The third kappa shape index (κ3) is 3.52. The number of rotatable bonds is 2. The molecule has 0 spiro atoms. The molecule has 1 saturated carbocycles. The molecule has 2 rings (SSSR count). The van der Waals surface area contributed by atoms with Crippen LogP contribution >= 0.6 is 15.9 Å². The fourth-order valence-electron chi connectivity index (χ4n) is 2.59. The van der Waals surface area contributed by atoms with E-state index in [4.69, 9.17) is 0 Å². The summed E-state index contributed by atoms with van der Waals surface area (Å²) < 4.78 is 14.1. The molecule has 0 aliphatic heterocycles. The van der Waals surface area contributed by atoms with Crippen molar-refractivity contribution in [2.45, 2.75) is 44.6 Å². The Morgan fingerprint density at radius 2 is 2.00 bits per heavy atom. The van der Waals surface area contributed by atoms with Gasteiger partial charge in [-0.05, 0) is 48.9 Å². The summed E-state index contributed by atoms with van der Waals surface area (Å²) in [5.41, 5.74) is 0.968. The van der Waals surface area contributed by atoms with E-state index in [0.717, 1.165) is 35.7 Å². The molecule has 0 heterocycles. The maximum Gasteiger partial charge on any atom is 0.123 e. The Balaban J connectivity index is 2.10. The Hall–Kier alpha value is -0.410. The van der Waals surface area contributed by atoms with Crippen LogP contribution in [0, 0.1) is 11.7 Å². The number of aliphatic hydroxyl groups is 1. The predicted molar refractivity (Wildman–Crippen MR) is 70.4 cm³/mol. The molecule has 1 fully saturated rings. The van der Waals surface area contributed by atoms with Gasteiger partial charge in [-0.25, -0.2) is 4.39 Å². The van der Waals surface area contributed by atoms with Crippen LogP contribution in [0.3, 0.4) is 0 Å². The first-order chi connectivity index (χ1) is 8.16. The van der Waals surface area contributed by atoms with Gasteiger partial charge < -0.3 is 5.11 Å². The average molecular weight is 301 g/mol. The number of halogens is 2. The zero-order valence-electron chi connectivity index (χ0n) is 9.83. The molecule has 94 valence electrons. The molecule has 1 aliphatic carbocycles. The Morgan fingerprint density at radius 3 is 2.82 bits per heavy atom. The second kappa shape index (κ2) is 5.96. The first-order valence-electron chi connectivity index (χ1n) is 6.29. The molecule has 1 aromatic rings. The normalized spacial score (nSPS) is 25.6. The lowest BCUT2D eigenvalue weighted by atomic mass is 9.90. The van der Waals surface area contributed by atoms with Crippen LogP contribution in [-0.4, -0.2) is 11.2 Å². The third-order valence-electron chi connectivity index (χ3n) is 3.61. The number of hydrogen-bond acceptors (Lipinski definition) is 1. The maximum absolute atomic E-state index is 13.2. The van der Waals surface area contributed by atoms with Crippen molar-refractivity contribution >= 4 is 15.9 Å². The van der Waals surface area contributed by atoms with Gasteiger partial charge >= 0.3 is 0 Å². The second-order valence-corrected chi connectivity index (χ2v) is 5.76. The van der Waals surface area contributed by atoms with Crippen LogP contribution in [0.15, 0.2) is 22.7 Å². The average Bonchev–Trinajstić information content (AvgIpc) is 2.50. The number of benzene rings is 1. The molecule has 1 N–H and O–H groups in total. The van der Waals surface area contributed by atoms with Gasteiger partial charge in [0.05, 0.1) is 6.10 Å². The van der Waals surface area contributed by atoms with Crippen LogP contribution in [0.4, 0.5) is 4.39 Å². The van der Waals surface area contributed by atoms with Gasteiger partial charge in [-0.2, -0.15) is 0 Å². The molecule has 0 radical (unpaired) electrons. The largest absolute Gasteiger partial charge is 0.393 e. The summed E-state index contributed by atoms with van der Waals surface area (Å²) in [6.07, 6.45) is 5.96. The molecule has 0 saturated heterocycles. The van der Waals surface area contributed by atoms with Crippen molar-refractivity contribution in [3.8, 4) is 0 Å². The van der Waals surface area contributed by atoms with Gasteiger partial charge in [0, 0.05) is 4.47 Å². The van der Waals surface area contributed by atoms with E-state index >= 15 is 0 Å². The molecule has 0 aromatic heterocycles. The molecule has 17 heavy (non-hydrogen) atoms. The maximum atomic E-state index is 13.2. The zero-order valence-corrected chi connectivity index (χ0v) is 11.4. The van der Waals surface area contributed by atoms with Crippen molar-refractivity contribution in [1.29, 1.82) is 0 Å². The first kappa shape index (κ1) is 13.0. The topological polar surface area (TPSA) is 20.2 Å². The highest BCUT2D eigenvalue weighted by atomic mass is 79.9. The van der Waals surface area contributed by atoms with Crippen LogP contribution < -0.4 is 0 Å². The van der Waals surface area contributed by atoms with E-state index in [1.54, 1.807) is 12.1 Å². The molecule has 2 atom stereocenters. The molecule has 3 heteroatoms. The highest BCUT2D eigenvalue weighted by Gasteiger charge is 2.22. The van der Waals surface area contributed by atoms with Crippen molar-refractivity contribution in [3.63, 3.8) is 0 Å². The molecule has 0 bridgehead atoms. The van der Waals surface area contributed by atoms with Gasteiger partial charge in [0.25, 0.3) is 0 Å². The van der Waals surface area contributed by atoms with Crippen molar-refractivity contribution in [3.05, 3.63) is 34.1 Å². The number of aliphatic hydroxyl groups excluding tert-OH is 1. The fourth-order valence-corrected chi connectivity index (χ4v) is 2.99. The van der Waals surface area contributed by atoms with Crippen LogP contribution in [-0.2, 0) is 6.42 Å². The van der Waals surface area contributed by atoms with Gasteiger partial charge in [0.1, 0.15) is 5.82 Å². The minimum atomic E-state index is -0.229. The number of hydrogen-bond donors (Lipinski definition) is 1. The minimum Gasteiger partial charge on any atom is -0.393 e. The Bertz CT molecular complexity index is 380. The van der Waals surface area contributed by atoms with Crippen molar-refractivity contribution in [2.75, 3.05) is 0 Å². The van der Waals surface area contributed by atoms with E-state index in [2.05, 4.69) is 15.9 Å². The Labute approximate surface area is 110 Å². The Kier molecular flexibility index (Phi) is 4.57. The van der Waals surface area contributed by atoms with Crippen molar-refractivity contribution in [1.82, 2.24) is 0 Å². The lowest BCUT2D eigenvalue weighted by molar-refractivity contribution is 0.100. The summed E-state index contributed by atoms with van der Waals surface area (Å²) in [6.45, 7) is 0. The van der Waals surface area contributed by atoms with E-state index in [9.17, 15) is 9.50 Å². The van der Waals surface area contributed by atoms with Crippen LogP contribution in [0.1, 0.15) is 37.7 Å². The smallest absolute Gasteiger partial charge is 0.123 e. The second-order valence-electron chi connectivity index (χ2n) is 4.91. The minimum absolute atomic E-state index is 0.202. The van der Waals surface area contributed by atoms with Gasteiger partial charge in [-0.15, -0.1) is 0 Å². The summed E-state index contributed by atoms with van der Waals surface area (Å²) in [6, 6.07) is 4.77. The molecule has 2 unspecified atom stereocenters. The van der Waals surface area contributed by atoms with Gasteiger partial charge in [-0.3, -0.25) is 0 Å². The van der Waals surface area contributed by atoms with Gasteiger partial charge in [0.2, 0.25) is 0 Å². The van der Waals surface area contributed by atoms with E-state index in [-0.39, 0.29) is 17.8 Å². The predicted octanol–water partition coefficient (Wildman–Crippen LogP) is 4.07. The molecule has 1 aromatic carbocycles. The summed E-state index contributed by atoms with van der Waals surface area (Å²) in [4.78, 5) is 0. The fraction of sp³-hybridized carbons (Fsp3) is 0.571. The SMILES string of the molecule is OC1CCCCCC1Cc1cc(F)ccc1Br. The zero-order chi connectivity index (χ0) is 12.3. The van der Waals surface area contributed by atoms with E-state index in [0.29, 0.717) is 0 Å². The molecule has 1 aliphatic rings. The van der Waals surface area contributed by atoms with Crippen molar-refractivity contribution in [2.24, 2.45) is 5.92 Å². The summed E-state index contributed by atoms with van der Waals surface area (Å²) in [5, 5.41) is 10.1. The lowest BCUT2D eigenvalue weighted by Crippen LogP contribution is -2.21. The monoisotopic (exact) mass is 300 g/mol. The van der Waals surface area contributed by atoms with Crippen LogP contribution in [0.2, 0.25) is 0 Å². The van der Waals surface area contributed by atoms with E-state index in [1.165, 1.54) is 18.9 Å². The summed E-state index contributed by atoms with van der Waals surface area (Å²) >= 11 is 3.45. The molecular formula is C14H18BrFO. The van der Waals surface area contributed by atoms with E-state index < -0.39 is 0 Å². The van der Waals surface area contributed by atoms with Crippen LogP contribution in [0.5, 0.6) is 0 Å². The highest BCUT2D eigenvalue weighted by molar-refractivity contribution is 9.10. The van der Waals surface area contributed by atoms with E-state index in [1.807, 2.05) is 0 Å². The molecule has 0 amide bonds. The van der Waals surface area contributed by atoms with Gasteiger partial charge in [0.15, 0.2) is 0 Å². The molecule has 1 nitrogen and oxygen atoms in total. The summed E-state index contributed by atoms with van der Waals surface area (Å²) in [5.74, 6) is 0.0712. The first-order valence-corrected chi connectivity index (χ1v) is 7.08. The Morgan fingerprint density at radius 1 is 1.24 bits per heavy atom. The third-order valence-corrected chi connectivity index (χ3v) is 4.38. The lowest BCUT2D eigenvalue weighted by Gasteiger charge is -2.20. The standard InChI is InChI=1S/C14H18BrFO/c15-13-7-6-12(16)9-11(13)8-10-4-2-1-3-5-14(10)17/h6-7,9-10,14,17H,1-5,8H2.